The maximum absolute atomic E-state index is 5.21. The van der Waals surface area contributed by atoms with Crippen molar-refractivity contribution in [2.24, 2.45) is 0 Å². The van der Waals surface area contributed by atoms with Crippen LogP contribution in [0.4, 0.5) is 0 Å². The molecule has 0 aromatic heterocycles. The lowest BCUT2D eigenvalue weighted by atomic mass is 9.95. The Labute approximate surface area is 83.5 Å². The molecule has 1 heterocycles. The van der Waals surface area contributed by atoms with Gasteiger partial charge in [0.25, 0.3) is 0 Å². The molecule has 0 amide bonds. The van der Waals surface area contributed by atoms with Crippen LogP contribution in [0.3, 0.4) is 0 Å². The van der Waals surface area contributed by atoms with Crippen molar-refractivity contribution in [3.05, 3.63) is 35.9 Å². The Bertz CT molecular complexity index is 273. The first-order chi connectivity index (χ1) is 6.92. The van der Waals surface area contributed by atoms with Crippen LogP contribution >= 0.6 is 0 Å². The Balaban J connectivity index is 2.15. The van der Waals surface area contributed by atoms with E-state index in [-0.39, 0.29) is 12.2 Å². The average Bonchev–Trinajstić information content (AvgIpc) is 2.30. The molecule has 0 radical (unpaired) electrons. The highest BCUT2D eigenvalue weighted by Crippen LogP contribution is 2.29. The van der Waals surface area contributed by atoms with Crippen molar-refractivity contribution in [2.45, 2.75) is 18.6 Å². The Morgan fingerprint density at radius 3 is 2.79 bits per heavy atom. The van der Waals surface area contributed by atoms with Crippen molar-refractivity contribution in [1.29, 1.82) is 0 Å². The van der Waals surface area contributed by atoms with Crippen molar-refractivity contribution in [2.75, 3.05) is 13.7 Å². The summed E-state index contributed by atoms with van der Waals surface area (Å²) in [5, 5.41) is 0. The molecule has 2 atom stereocenters. The maximum atomic E-state index is 5.21. The topological polar surface area (TPSA) is 27.7 Å². The molecular weight excluding hydrogens is 180 g/mol. The van der Waals surface area contributed by atoms with E-state index in [1.165, 1.54) is 5.56 Å². The summed E-state index contributed by atoms with van der Waals surface area (Å²) in [6.45, 7) is 0.624. The molecule has 0 bridgehead atoms. The van der Waals surface area contributed by atoms with E-state index in [0.717, 1.165) is 6.42 Å². The lowest BCUT2D eigenvalue weighted by Gasteiger charge is -2.29. The highest BCUT2D eigenvalue weighted by atomic mass is 17.2. The Kier molecular flexibility index (Phi) is 3.14. The van der Waals surface area contributed by atoms with Gasteiger partial charge in [0.2, 0.25) is 0 Å². The summed E-state index contributed by atoms with van der Waals surface area (Å²) >= 11 is 0. The minimum atomic E-state index is -0.286. The predicted molar refractivity (Wildman–Crippen MR) is 51.6 cm³/mol. The Morgan fingerprint density at radius 1 is 1.29 bits per heavy atom. The van der Waals surface area contributed by atoms with Crippen molar-refractivity contribution in [3.63, 3.8) is 0 Å². The van der Waals surface area contributed by atoms with Crippen LogP contribution in [0.5, 0.6) is 0 Å². The van der Waals surface area contributed by atoms with Crippen molar-refractivity contribution < 1.29 is 14.5 Å². The van der Waals surface area contributed by atoms with Gasteiger partial charge in [-0.2, -0.15) is 0 Å². The standard InChI is InChI=1S/C11H14O3/c1-12-11-10(7-8-13-14-11)9-5-3-2-4-6-9/h2-6,10-11H,7-8H2,1H3/t10-,11+/m0/s1. The Hall–Kier alpha value is -0.900. The summed E-state index contributed by atoms with van der Waals surface area (Å²) in [4.78, 5) is 9.97. The minimum Gasteiger partial charge on any atom is -0.353 e. The summed E-state index contributed by atoms with van der Waals surface area (Å²) in [6.07, 6.45) is 0.647. The smallest absolute Gasteiger partial charge is 0.197 e. The van der Waals surface area contributed by atoms with Crippen LogP contribution in [0.15, 0.2) is 30.3 Å². The molecule has 3 nitrogen and oxygen atoms in total. The van der Waals surface area contributed by atoms with Gasteiger partial charge in [-0.05, 0) is 12.0 Å². The molecule has 1 aromatic rings. The summed E-state index contributed by atoms with van der Waals surface area (Å²) in [5.41, 5.74) is 1.24. The molecule has 0 saturated carbocycles. The van der Waals surface area contributed by atoms with Crippen LogP contribution in [-0.2, 0) is 14.5 Å². The first kappa shape index (κ1) is 9.65. The van der Waals surface area contributed by atoms with Gasteiger partial charge in [0.1, 0.15) is 0 Å². The van der Waals surface area contributed by atoms with Gasteiger partial charge in [-0.15, -0.1) is 0 Å². The molecule has 0 spiro atoms. The van der Waals surface area contributed by atoms with Crippen LogP contribution in [0.2, 0.25) is 0 Å². The molecule has 2 rings (SSSR count). The Morgan fingerprint density at radius 2 is 2.07 bits per heavy atom. The zero-order valence-electron chi connectivity index (χ0n) is 8.18. The third-order valence-electron chi connectivity index (χ3n) is 2.46. The van der Waals surface area contributed by atoms with Gasteiger partial charge in [0, 0.05) is 13.0 Å². The monoisotopic (exact) mass is 194 g/mol. The maximum Gasteiger partial charge on any atom is 0.197 e. The molecule has 0 unspecified atom stereocenters. The fourth-order valence-electron chi connectivity index (χ4n) is 1.72. The van der Waals surface area contributed by atoms with Crippen LogP contribution in [0, 0.1) is 0 Å². The predicted octanol–water partition coefficient (Wildman–Crippen LogP) is 2.09. The first-order valence-electron chi connectivity index (χ1n) is 4.78. The number of ether oxygens (including phenoxy) is 1. The number of methoxy groups -OCH3 is 1. The fraction of sp³-hybridized carbons (Fsp3) is 0.455. The van der Waals surface area contributed by atoms with E-state index in [1.807, 2.05) is 18.2 Å². The average molecular weight is 194 g/mol. The van der Waals surface area contributed by atoms with E-state index < -0.39 is 0 Å². The van der Waals surface area contributed by atoms with Crippen molar-refractivity contribution in [1.82, 2.24) is 0 Å². The van der Waals surface area contributed by atoms with Crippen LogP contribution < -0.4 is 0 Å². The number of rotatable bonds is 2. The molecule has 1 fully saturated rings. The second-order valence-electron chi connectivity index (χ2n) is 3.33. The zero-order valence-corrected chi connectivity index (χ0v) is 8.18. The summed E-state index contributed by atoms with van der Waals surface area (Å²) < 4.78 is 5.21. The van der Waals surface area contributed by atoms with Gasteiger partial charge in [-0.25, -0.2) is 9.78 Å². The van der Waals surface area contributed by atoms with E-state index in [4.69, 9.17) is 14.5 Å². The van der Waals surface area contributed by atoms with E-state index in [9.17, 15) is 0 Å². The summed E-state index contributed by atoms with van der Waals surface area (Å²) in [6, 6.07) is 10.2. The minimum absolute atomic E-state index is 0.273. The SMILES string of the molecule is CO[C@@H]1OOCC[C@H]1c1ccccc1. The van der Waals surface area contributed by atoms with Crippen LogP contribution in [-0.4, -0.2) is 20.0 Å². The molecule has 76 valence electrons. The molecule has 14 heavy (non-hydrogen) atoms. The molecular formula is C11H14O3. The van der Waals surface area contributed by atoms with Gasteiger partial charge in [0.05, 0.1) is 6.61 Å². The van der Waals surface area contributed by atoms with E-state index in [2.05, 4.69) is 12.1 Å². The normalized spacial score (nSPS) is 27.5. The highest BCUT2D eigenvalue weighted by Gasteiger charge is 2.28. The van der Waals surface area contributed by atoms with E-state index in [1.54, 1.807) is 7.11 Å². The van der Waals surface area contributed by atoms with Crippen LogP contribution in [0.25, 0.3) is 0 Å². The molecule has 3 heteroatoms. The fourth-order valence-corrected chi connectivity index (χ4v) is 1.72. The lowest BCUT2D eigenvalue weighted by Crippen LogP contribution is -2.30. The zero-order chi connectivity index (χ0) is 9.80. The molecule has 0 aliphatic carbocycles. The number of hydrogen-bond acceptors (Lipinski definition) is 3. The molecule has 1 aromatic carbocycles. The van der Waals surface area contributed by atoms with Gasteiger partial charge >= 0.3 is 0 Å². The number of benzene rings is 1. The second-order valence-corrected chi connectivity index (χ2v) is 3.33. The second kappa shape index (κ2) is 4.55. The van der Waals surface area contributed by atoms with E-state index in [0.29, 0.717) is 6.61 Å². The largest absolute Gasteiger partial charge is 0.353 e. The third-order valence-corrected chi connectivity index (χ3v) is 2.46. The lowest BCUT2D eigenvalue weighted by molar-refractivity contribution is -0.400. The highest BCUT2D eigenvalue weighted by molar-refractivity contribution is 5.20. The van der Waals surface area contributed by atoms with Gasteiger partial charge in [-0.3, -0.25) is 0 Å². The quantitative estimate of drug-likeness (QED) is 0.675. The number of hydrogen-bond donors (Lipinski definition) is 0. The molecule has 1 aliphatic heterocycles. The molecule has 1 saturated heterocycles. The van der Waals surface area contributed by atoms with Gasteiger partial charge in [-0.1, -0.05) is 30.3 Å². The first-order valence-corrected chi connectivity index (χ1v) is 4.78. The van der Waals surface area contributed by atoms with Crippen LogP contribution in [0.1, 0.15) is 17.9 Å². The van der Waals surface area contributed by atoms with Gasteiger partial charge < -0.3 is 4.74 Å². The summed E-state index contributed by atoms with van der Waals surface area (Å²) in [7, 11) is 1.63. The molecule has 1 aliphatic rings. The van der Waals surface area contributed by atoms with Crippen molar-refractivity contribution >= 4 is 0 Å². The van der Waals surface area contributed by atoms with E-state index >= 15 is 0 Å². The third kappa shape index (κ3) is 1.95. The van der Waals surface area contributed by atoms with Crippen molar-refractivity contribution in [3.8, 4) is 0 Å². The summed E-state index contributed by atoms with van der Waals surface area (Å²) in [5.74, 6) is 0.273. The molecule has 0 N–H and O–H groups in total. The van der Waals surface area contributed by atoms with Gasteiger partial charge in [0.15, 0.2) is 6.29 Å².